The molecule has 5 heteroatoms. The average Bonchev–Trinajstić information content (AvgIpc) is 2.41. The van der Waals surface area contributed by atoms with Crippen LogP contribution in [0.5, 0.6) is 0 Å². The van der Waals surface area contributed by atoms with E-state index in [9.17, 15) is 9.59 Å². The first-order valence-electron chi connectivity index (χ1n) is 5.51. The predicted molar refractivity (Wildman–Crippen MR) is 73.4 cm³/mol. The van der Waals surface area contributed by atoms with Crippen LogP contribution >= 0.6 is 15.9 Å². The summed E-state index contributed by atoms with van der Waals surface area (Å²) in [6.07, 6.45) is 1.83. The second-order valence-electron chi connectivity index (χ2n) is 3.73. The van der Waals surface area contributed by atoms with Crippen LogP contribution in [0.2, 0.25) is 0 Å². The van der Waals surface area contributed by atoms with Crippen LogP contribution in [0.15, 0.2) is 34.9 Å². The number of aromatic nitrogens is 1. The Morgan fingerprint density at radius 2 is 2.11 bits per heavy atom. The normalized spacial score (nSPS) is 10.3. The van der Waals surface area contributed by atoms with Gasteiger partial charge in [-0.1, -0.05) is 28.9 Å². The van der Waals surface area contributed by atoms with Crippen LogP contribution in [0.3, 0.4) is 0 Å². The fraction of sp³-hybridized carbons (Fsp3) is 0.154. The highest BCUT2D eigenvalue weighted by Crippen LogP contribution is 2.28. The Morgan fingerprint density at radius 3 is 2.83 bits per heavy atom. The number of nitrogens with zero attached hydrogens (tertiary/aromatic N) is 1. The number of fused-ring (bicyclic) bond motifs is 1. The standard InChI is InChI=1S/C13H11BrN2O2/c1-2-11(17)13(18)16-10-6-5-9(14)8-4-3-7-15-12(8)10/h3-7H,2H2,1H3,(H,16,18). The molecule has 0 unspecified atom stereocenters. The number of Topliss-reactive ketones (excluding diaryl/α,β-unsaturated/α-hetero) is 1. The van der Waals surface area contributed by atoms with Gasteiger partial charge in [-0.2, -0.15) is 0 Å². The Morgan fingerprint density at radius 1 is 1.33 bits per heavy atom. The molecule has 0 atom stereocenters. The van der Waals surface area contributed by atoms with Gasteiger partial charge < -0.3 is 5.32 Å². The Hall–Kier alpha value is -1.75. The summed E-state index contributed by atoms with van der Waals surface area (Å²) in [5, 5.41) is 3.48. The molecule has 0 spiro atoms. The van der Waals surface area contributed by atoms with Crippen LogP contribution < -0.4 is 5.32 Å². The van der Waals surface area contributed by atoms with Crippen LogP contribution in [-0.2, 0) is 9.59 Å². The van der Waals surface area contributed by atoms with Gasteiger partial charge in [0.15, 0.2) is 0 Å². The molecule has 0 saturated heterocycles. The van der Waals surface area contributed by atoms with E-state index >= 15 is 0 Å². The summed E-state index contributed by atoms with van der Waals surface area (Å²) in [6.45, 7) is 1.65. The molecule has 92 valence electrons. The fourth-order valence-electron chi connectivity index (χ4n) is 1.59. The number of benzene rings is 1. The highest BCUT2D eigenvalue weighted by atomic mass is 79.9. The smallest absolute Gasteiger partial charge is 0.291 e. The predicted octanol–water partition coefficient (Wildman–Crippen LogP) is 2.91. The summed E-state index contributed by atoms with van der Waals surface area (Å²) in [7, 11) is 0. The molecule has 0 aliphatic heterocycles. The van der Waals surface area contributed by atoms with Crippen molar-refractivity contribution >= 4 is 44.2 Å². The van der Waals surface area contributed by atoms with Crippen LogP contribution in [0.25, 0.3) is 10.9 Å². The van der Waals surface area contributed by atoms with E-state index in [-0.39, 0.29) is 6.42 Å². The summed E-state index contributed by atoms with van der Waals surface area (Å²) in [5.41, 5.74) is 1.20. The molecule has 0 bridgehead atoms. The Labute approximate surface area is 113 Å². The molecule has 1 aromatic carbocycles. The molecule has 0 aliphatic rings. The van der Waals surface area contributed by atoms with Gasteiger partial charge in [0.25, 0.3) is 5.91 Å². The van der Waals surface area contributed by atoms with Crippen molar-refractivity contribution in [3.63, 3.8) is 0 Å². The number of hydrogen-bond donors (Lipinski definition) is 1. The van der Waals surface area contributed by atoms with Gasteiger partial charge >= 0.3 is 0 Å². The van der Waals surface area contributed by atoms with E-state index in [0.29, 0.717) is 11.2 Å². The highest BCUT2D eigenvalue weighted by Gasteiger charge is 2.13. The molecule has 2 rings (SSSR count). The molecule has 1 amide bonds. The van der Waals surface area contributed by atoms with E-state index in [4.69, 9.17) is 0 Å². The third-order valence-corrected chi connectivity index (χ3v) is 3.23. The van der Waals surface area contributed by atoms with Crippen molar-refractivity contribution in [1.82, 2.24) is 4.98 Å². The number of hydrogen-bond acceptors (Lipinski definition) is 3. The monoisotopic (exact) mass is 306 g/mol. The van der Waals surface area contributed by atoms with Crippen molar-refractivity contribution in [2.75, 3.05) is 5.32 Å². The maximum Gasteiger partial charge on any atom is 0.291 e. The van der Waals surface area contributed by atoms with E-state index in [0.717, 1.165) is 9.86 Å². The SMILES string of the molecule is CCC(=O)C(=O)Nc1ccc(Br)c2cccnc12. The summed E-state index contributed by atoms with van der Waals surface area (Å²) >= 11 is 3.42. The molecule has 1 aromatic heterocycles. The first kappa shape index (κ1) is 12.7. The molecule has 0 fully saturated rings. The van der Waals surface area contributed by atoms with Crippen LogP contribution in [0.4, 0.5) is 5.69 Å². The molecule has 0 saturated carbocycles. The number of carbonyl (C=O) groups excluding carboxylic acids is 2. The van der Waals surface area contributed by atoms with Gasteiger partial charge in [0, 0.05) is 22.5 Å². The Balaban J connectivity index is 2.43. The number of halogens is 1. The van der Waals surface area contributed by atoms with E-state index in [2.05, 4.69) is 26.2 Å². The van der Waals surface area contributed by atoms with Gasteiger partial charge in [-0.3, -0.25) is 14.6 Å². The van der Waals surface area contributed by atoms with Gasteiger partial charge in [-0.05, 0) is 18.2 Å². The minimum atomic E-state index is -0.605. The summed E-state index contributed by atoms with van der Waals surface area (Å²) in [5.74, 6) is -1.05. The molecular weight excluding hydrogens is 296 g/mol. The second kappa shape index (κ2) is 5.27. The molecular formula is C13H11BrN2O2. The minimum Gasteiger partial charge on any atom is -0.318 e. The number of pyridine rings is 1. The van der Waals surface area contributed by atoms with Gasteiger partial charge in [-0.15, -0.1) is 0 Å². The Kier molecular flexibility index (Phi) is 3.72. The zero-order chi connectivity index (χ0) is 13.1. The van der Waals surface area contributed by atoms with E-state index < -0.39 is 11.7 Å². The maximum absolute atomic E-state index is 11.6. The van der Waals surface area contributed by atoms with Crippen molar-refractivity contribution in [3.8, 4) is 0 Å². The largest absolute Gasteiger partial charge is 0.318 e. The minimum absolute atomic E-state index is 0.188. The van der Waals surface area contributed by atoms with Crippen molar-refractivity contribution in [2.24, 2.45) is 0 Å². The zero-order valence-electron chi connectivity index (χ0n) is 9.74. The summed E-state index contributed by atoms with van der Waals surface area (Å²) in [4.78, 5) is 27.1. The number of anilines is 1. The van der Waals surface area contributed by atoms with Gasteiger partial charge in [0.1, 0.15) is 0 Å². The molecule has 0 radical (unpaired) electrons. The zero-order valence-corrected chi connectivity index (χ0v) is 11.3. The van der Waals surface area contributed by atoms with Gasteiger partial charge in [0.05, 0.1) is 11.2 Å². The lowest BCUT2D eigenvalue weighted by molar-refractivity contribution is -0.134. The molecule has 0 aliphatic carbocycles. The molecule has 18 heavy (non-hydrogen) atoms. The van der Waals surface area contributed by atoms with E-state index in [1.807, 2.05) is 18.2 Å². The molecule has 4 nitrogen and oxygen atoms in total. The fourth-order valence-corrected chi connectivity index (χ4v) is 2.04. The number of nitrogens with one attached hydrogen (secondary N) is 1. The quantitative estimate of drug-likeness (QED) is 0.887. The lowest BCUT2D eigenvalue weighted by Crippen LogP contribution is -2.21. The number of carbonyl (C=O) groups is 2. The molecule has 1 heterocycles. The topological polar surface area (TPSA) is 59.1 Å². The van der Waals surface area contributed by atoms with Crippen LogP contribution in [-0.4, -0.2) is 16.7 Å². The van der Waals surface area contributed by atoms with Crippen molar-refractivity contribution in [1.29, 1.82) is 0 Å². The number of rotatable bonds is 3. The number of amides is 1. The first-order valence-corrected chi connectivity index (χ1v) is 6.30. The lowest BCUT2D eigenvalue weighted by Gasteiger charge is -2.08. The summed E-state index contributed by atoms with van der Waals surface area (Å²) < 4.78 is 0.894. The van der Waals surface area contributed by atoms with Gasteiger partial charge in [-0.25, -0.2) is 0 Å². The third kappa shape index (κ3) is 2.41. The van der Waals surface area contributed by atoms with E-state index in [1.165, 1.54) is 0 Å². The van der Waals surface area contributed by atoms with Gasteiger partial charge in [0.2, 0.25) is 5.78 Å². The van der Waals surface area contributed by atoms with Crippen molar-refractivity contribution in [3.05, 3.63) is 34.9 Å². The number of ketones is 1. The molecule has 2 aromatic rings. The molecule has 1 N–H and O–H groups in total. The lowest BCUT2D eigenvalue weighted by atomic mass is 10.2. The third-order valence-electron chi connectivity index (χ3n) is 2.54. The highest BCUT2D eigenvalue weighted by molar-refractivity contribution is 9.10. The first-order chi connectivity index (χ1) is 8.63. The maximum atomic E-state index is 11.6. The van der Waals surface area contributed by atoms with Crippen molar-refractivity contribution in [2.45, 2.75) is 13.3 Å². The van der Waals surface area contributed by atoms with Crippen LogP contribution in [0.1, 0.15) is 13.3 Å². The Bertz CT molecular complexity index is 625. The second-order valence-corrected chi connectivity index (χ2v) is 4.58. The average molecular weight is 307 g/mol. The summed E-state index contributed by atoms with van der Waals surface area (Å²) in [6, 6.07) is 7.25. The van der Waals surface area contributed by atoms with E-state index in [1.54, 1.807) is 19.2 Å². The van der Waals surface area contributed by atoms with Crippen LogP contribution in [0, 0.1) is 0 Å². The van der Waals surface area contributed by atoms with Crippen molar-refractivity contribution < 1.29 is 9.59 Å².